The normalized spacial score (nSPS) is 18.5. The molecule has 0 spiro atoms. The molecule has 1 fully saturated rings. The van der Waals surface area contributed by atoms with Gasteiger partial charge in [0.15, 0.2) is 0 Å². The van der Waals surface area contributed by atoms with E-state index in [0.29, 0.717) is 29.6 Å². The molecule has 1 atom stereocenters. The van der Waals surface area contributed by atoms with E-state index in [1.165, 1.54) is 25.8 Å². The number of hydrogen-bond donors (Lipinski definition) is 1. The van der Waals surface area contributed by atoms with Crippen LogP contribution in [0.15, 0.2) is 18.2 Å². The second kappa shape index (κ2) is 8.77. The molecule has 128 valence electrons. The summed E-state index contributed by atoms with van der Waals surface area (Å²) in [6.45, 7) is 5.18. The zero-order valence-electron chi connectivity index (χ0n) is 14.4. The lowest BCUT2D eigenvalue weighted by Gasteiger charge is -2.33. The Morgan fingerprint density at radius 2 is 2.13 bits per heavy atom. The third-order valence-electron chi connectivity index (χ3n) is 4.50. The highest BCUT2D eigenvalue weighted by atomic mass is 16.5. The summed E-state index contributed by atoms with van der Waals surface area (Å²) >= 11 is 0. The van der Waals surface area contributed by atoms with Crippen molar-refractivity contribution in [1.29, 1.82) is 0 Å². The third kappa shape index (κ3) is 4.86. The van der Waals surface area contributed by atoms with Gasteiger partial charge in [-0.1, -0.05) is 6.42 Å². The minimum atomic E-state index is -0.118. The lowest BCUT2D eigenvalue weighted by molar-refractivity contribution is 0.0945. The van der Waals surface area contributed by atoms with Crippen molar-refractivity contribution in [2.24, 2.45) is 0 Å². The Labute approximate surface area is 139 Å². The van der Waals surface area contributed by atoms with Gasteiger partial charge in [0.1, 0.15) is 11.5 Å². The maximum atomic E-state index is 12.3. The molecule has 0 aliphatic carbocycles. The van der Waals surface area contributed by atoms with Crippen molar-refractivity contribution in [3.05, 3.63) is 23.8 Å². The van der Waals surface area contributed by atoms with Crippen LogP contribution in [0.1, 0.15) is 43.0 Å². The SMILES string of the molecule is COc1ccc(OC)c(C(=O)NCCCN2CCCC[C@@H]2C)c1. The molecule has 2 rings (SSSR count). The summed E-state index contributed by atoms with van der Waals surface area (Å²) < 4.78 is 10.4. The average Bonchev–Trinajstić information content (AvgIpc) is 2.59. The molecule has 0 aromatic heterocycles. The lowest BCUT2D eigenvalue weighted by Crippen LogP contribution is -2.39. The molecule has 0 unspecified atom stereocenters. The van der Waals surface area contributed by atoms with E-state index >= 15 is 0 Å². The summed E-state index contributed by atoms with van der Waals surface area (Å²) in [5.41, 5.74) is 0.512. The maximum absolute atomic E-state index is 12.3. The van der Waals surface area contributed by atoms with Crippen molar-refractivity contribution in [1.82, 2.24) is 10.2 Å². The van der Waals surface area contributed by atoms with Gasteiger partial charge in [-0.05, 0) is 50.9 Å². The second-order valence-electron chi connectivity index (χ2n) is 6.06. The van der Waals surface area contributed by atoms with Gasteiger partial charge in [0.05, 0.1) is 19.8 Å². The van der Waals surface area contributed by atoms with Crippen LogP contribution in [0.25, 0.3) is 0 Å². The number of benzene rings is 1. The van der Waals surface area contributed by atoms with Gasteiger partial charge in [-0.25, -0.2) is 0 Å². The van der Waals surface area contributed by atoms with Gasteiger partial charge in [-0.3, -0.25) is 4.79 Å². The quantitative estimate of drug-likeness (QED) is 0.785. The highest BCUT2D eigenvalue weighted by Gasteiger charge is 2.18. The topological polar surface area (TPSA) is 50.8 Å². The van der Waals surface area contributed by atoms with Crippen molar-refractivity contribution in [3.63, 3.8) is 0 Å². The van der Waals surface area contributed by atoms with E-state index < -0.39 is 0 Å². The van der Waals surface area contributed by atoms with E-state index in [0.717, 1.165) is 13.0 Å². The number of ether oxygens (including phenoxy) is 2. The molecule has 0 saturated carbocycles. The molecule has 1 saturated heterocycles. The fourth-order valence-electron chi connectivity index (χ4n) is 3.06. The molecule has 1 amide bonds. The number of amides is 1. The lowest BCUT2D eigenvalue weighted by atomic mass is 10.0. The predicted octanol–water partition coefficient (Wildman–Crippen LogP) is 2.70. The van der Waals surface area contributed by atoms with E-state index in [1.807, 2.05) is 0 Å². The minimum absolute atomic E-state index is 0.118. The Hall–Kier alpha value is -1.75. The van der Waals surface area contributed by atoms with E-state index in [4.69, 9.17) is 9.47 Å². The fraction of sp³-hybridized carbons (Fsp3) is 0.611. The van der Waals surface area contributed by atoms with E-state index in [9.17, 15) is 4.79 Å². The van der Waals surface area contributed by atoms with E-state index in [1.54, 1.807) is 32.4 Å². The van der Waals surface area contributed by atoms with Crippen molar-refractivity contribution in [2.45, 2.75) is 38.6 Å². The van der Waals surface area contributed by atoms with Crippen molar-refractivity contribution < 1.29 is 14.3 Å². The van der Waals surface area contributed by atoms with Crippen LogP contribution >= 0.6 is 0 Å². The largest absolute Gasteiger partial charge is 0.497 e. The zero-order chi connectivity index (χ0) is 16.7. The smallest absolute Gasteiger partial charge is 0.255 e. The van der Waals surface area contributed by atoms with Crippen LogP contribution in [-0.4, -0.2) is 50.7 Å². The van der Waals surface area contributed by atoms with Crippen LogP contribution in [0.4, 0.5) is 0 Å². The molecule has 1 aliphatic rings. The van der Waals surface area contributed by atoms with E-state index in [2.05, 4.69) is 17.1 Å². The van der Waals surface area contributed by atoms with Crippen molar-refractivity contribution in [2.75, 3.05) is 33.9 Å². The zero-order valence-corrected chi connectivity index (χ0v) is 14.4. The second-order valence-corrected chi connectivity index (χ2v) is 6.06. The first-order chi connectivity index (χ1) is 11.2. The summed E-state index contributed by atoms with van der Waals surface area (Å²) in [6, 6.07) is 5.91. The molecule has 1 aliphatic heterocycles. The summed E-state index contributed by atoms with van der Waals surface area (Å²) in [7, 11) is 3.15. The Morgan fingerprint density at radius 1 is 1.30 bits per heavy atom. The van der Waals surface area contributed by atoms with Crippen LogP contribution in [0.2, 0.25) is 0 Å². The molecular weight excluding hydrogens is 292 g/mol. The van der Waals surface area contributed by atoms with Gasteiger partial charge in [-0.2, -0.15) is 0 Å². The van der Waals surface area contributed by atoms with Gasteiger partial charge in [-0.15, -0.1) is 0 Å². The number of rotatable bonds is 7. The van der Waals surface area contributed by atoms with Gasteiger partial charge in [0.25, 0.3) is 5.91 Å². The van der Waals surface area contributed by atoms with Gasteiger partial charge in [0, 0.05) is 19.1 Å². The molecule has 1 heterocycles. The number of carbonyl (C=O) groups is 1. The summed E-state index contributed by atoms with van der Waals surface area (Å²) in [4.78, 5) is 14.9. The molecule has 0 bridgehead atoms. The number of hydrogen-bond acceptors (Lipinski definition) is 4. The molecule has 0 radical (unpaired) electrons. The first kappa shape index (κ1) is 17.6. The monoisotopic (exact) mass is 320 g/mol. The van der Waals surface area contributed by atoms with Crippen LogP contribution in [0.5, 0.6) is 11.5 Å². The van der Waals surface area contributed by atoms with Crippen LogP contribution < -0.4 is 14.8 Å². The number of likely N-dealkylation sites (tertiary alicyclic amines) is 1. The van der Waals surface area contributed by atoms with Gasteiger partial charge < -0.3 is 19.7 Å². The Bertz CT molecular complexity index is 519. The number of piperidine rings is 1. The summed E-state index contributed by atoms with van der Waals surface area (Å²) in [5.74, 6) is 1.10. The Kier molecular flexibility index (Phi) is 6.71. The standard InChI is InChI=1S/C18H28N2O3/c1-14-7-4-5-11-20(14)12-6-10-19-18(21)16-13-15(22-2)8-9-17(16)23-3/h8-9,13-14H,4-7,10-12H2,1-3H3,(H,19,21)/t14-/m0/s1. The molecule has 1 aromatic rings. The maximum Gasteiger partial charge on any atom is 0.255 e. The summed E-state index contributed by atoms with van der Waals surface area (Å²) in [5, 5.41) is 2.98. The highest BCUT2D eigenvalue weighted by molar-refractivity contribution is 5.97. The Balaban J connectivity index is 1.82. The van der Waals surface area contributed by atoms with Crippen molar-refractivity contribution >= 4 is 5.91 Å². The van der Waals surface area contributed by atoms with Crippen molar-refractivity contribution in [3.8, 4) is 11.5 Å². The molecule has 5 nitrogen and oxygen atoms in total. The summed E-state index contributed by atoms with van der Waals surface area (Å²) in [6.07, 6.45) is 4.87. The molecule has 5 heteroatoms. The average molecular weight is 320 g/mol. The molecular formula is C18H28N2O3. The number of nitrogens with zero attached hydrogens (tertiary/aromatic N) is 1. The first-order valence-electron chi connectivity index (χ1n) is 8.40. The number of nitrogens with one attached hydrogen (secondary N) is 1. The van der Waals surface area contributed by atoms with E-state index in [-0.39, 0.29) is 5.91 Å². The predicted molar refractivity (Wildman–Crippen MR) is 91.4 cm³/mol. The van der Waals surface area contributed by atoms with Crippen LogP contribution in [0, 0.1) is 0 Å². The molecule has 1 N–H and O–H groups in total. The third-order valence-corrected chi connectivity index (χ3v) is 4.50. The highest BCUT2D eigenvalue weighted by Crippen LogP contribution is 2.23. The minimum Gasteiger partial charge on any atom is -0.497 e. The molecule has 1 aromatic carbocycles. The Morgan fingerprint density at radius 3 is 2.83 bits per heavy atom. The first-order valence-corrected chi connectivity index (χ1v) is 8.40. The van der Waals surface area contributed by atoms with Gasteiger partial charge in [0.2, 0.25) is 0 Å². The number of carbonyl (C=O) groups excluding carboxylic acids is 1. The van der Waals surface area contributed by atoms with Crippen LogP contribution in [0.3, 0.4) is 0 Å². The fourth-order valence-corrected chi connectivity index (χ4v) is 3.06. The van der Waals surface area contributed by atoms with Gasteiger partial charge >= 0.3 is 0 Å². The molecule has 23 heavy (non-hydrogen) atoms. The number of methoxy groups -OCH3 is 2. The van der Waals surface area contributed by atoms with Crippen LogP contribution in [-0.2, 0) is 0 Å².